The van der Waals surface area contributed by atoms with Crippen LogP contribution in [-0.4, -0.2) is 9.97 Å². The summed E-state index contributed by atoms with van der Waals surface area (Å²) in [6.07, 6.45) is 0. The summed E-state index contributed by atoms with van der Waals surface area (Å²) in [4.78, 5) is 8.84. The van der Waals surface area contributed by atoms with Crippen LogP contribution < -0.4 is 4.74 Å². The molecule has 3 nitrogen and oxygen atoms in total. The molecular formula is C15H10BrFN2O. The Kier molecular flexibility index (Phi) is 3.36. The van der Waals surface area contributed by atoms with E-state index < -0.39 is 0 Å². The number of nitrogens with zero attached hydrogens (tertiary/aromatic N) is 2. The molecule has 3 aromatic rings. The molecule has 1 aromatic heterocycles. The highest BCUT2D eigenvalue weighted by molar-refractivity contribution is 9.10. The zero-order chi connectivity index (χ0) is 14.1. The molecule has 0 amide bonds. The summed E-state index contributed by atoms with van der Waals surface area (Å²) >= 11 is 3.32. The van der Waals surface area contributed by atoms with Gasteiger partial charge in [-0.3, -0.25) is 0 Å². The van der Waals surface area contributed by atoms with Crippen LogP contribution in [0, 0.1) is 12.7 Å². The fourth-order valence-corrected chi connectivity index (χ4v) is 2.16. The van der Waals surface area contributed by atoms with E-state index >= 15 is 0 Å². The van der Waals surface area contributed by atoms with Gasteiger partial charge in [0.25, 0.3) is 0 Å². The molecule has 0 unspecified atom stereocenters. The average molecular weight is 333 g/mol. The van der Waals surface area contributed by atoms with Gasteiger partial charge in [0.15, 0.2) is 0 Å². The second kappa shape index (κ2) is 5.17. The minimum absolute atomic E-state index is 0.366. The molecule has 1 heterocycles. The number of ether oxygens (including phenoxy) is 1. The molecule has 0 radical (unpaired) electrons. The van der Waals surface area contributed by atoms with Crippen LogP contribution in [-0.2, 0) is 0 Å². The summed E-state index contributed by atoms with van der Waals surface area (Å²) in [5, 5.41) is 0. The van der Waals surface area contributed by atoms with Gasteiger partial charge in [-0.2, -0.15) is 0 Å². The SMILES string of the molecule is Cc1nc2ccccc2nc1Oc1cc(F)ccc1Br. The number of rotatable bonds is 2. The van der Waals surface area contributed by atoms with Crippen LogP contribution in [0.4, 0.5) is 4.39 Å². The molecule has 0 fully saturated rings. The van der Waals surface area contributed by atoms with E-state index in [0.717, 1.165) is 11.0 Å². The van der Waals surface area contributed by atoms with Crippen molar-refractivity contribution in [3.05, 3.63) is 58.4 Å². The Hall–Kier alpha value is -2.01. The second-order valence-electron chi connectivity index (χ2n) is 4.28. The fourth-order valence-electron chi connectivity index (χ4n) is 1.83. The highest BCUT2D eigenvalue weighted by atomic mass is 79.9. The molecule has 20 heavy (non-hydrogen) atoms. The van der Waals surface area contributed by atoms with Gasteiger partial charge in [0, 0.05) is 6.07 Å². The van der Waals surface area contributed by atoms with Crippen molar-refractivity contribution in [3.8, 4) is 11.6 Å². The third-order valence-corrected chi connectivity index (χ3v) is 3.46. The lowest BCUT2D eigenvalue weighted by atomic mass is 10.3. The predicted octanol–water partition coefficient (Wildman–Crippen LogP) is 4.63. The van der Waals surface area contributed by atoms with E-state index in [1.807, 2.05) is 31.2 Å². The maximum atomic E-state index is 13.3. The lowest BCUT2D eigenvalue weighted by Gasteiger charge is -2.09. The molecule has 0 saturated heterocycles. The Morgan fingerprint density at radius 2 is 1.75 bits per heavy atom. The van der Waals surface area contributed by atoms with Crippen molar-refractivity contribution in [2.24, 2.45) is 0 Å². The minimum Gasteiger partial charge on any atom is -0.436 e. The number of hydrogen-bond acceptors (Lipinski definition) is 3. The molecule has 5 heteroatoms. The first-order valence-electron chi connectivity index (χ1n) is 6.00. The van der Waals surface area contributed by atoms with E-state index in [2.05, 4.69) is 25.9 Å². The van der Waals surface area contributed by atoms with E-state index in [1.54, 1.807) is 6.07 Å². The molecule has 0 spiro atoms. The Morgan fingerprint density at radius 1 is 1.05 bits per heavy atom. The van der Waals surface area contributed by atoms with Crippen LogP contribution in [0.2, 0.25) is 0 Å². The van der Waals surface area contributed by atoms with Crippen LogP contribution in [0.3, 0.4) is 0 Å². The molecular weight excluding hydrogens is 323 g/mol. The van der Waals surface area contributed by atoms with E-state index in [9.17, 15) is 4.39 Å². The molecule has 0 atom stereocenters. The van der Waals surface area contributed by atoms with E-state index in [0.29, 0.717) is 21.8 Å². The number of hydrogen-bond donors (Lipinski definition) is 0. The molecule has 0 aliphatic rings. The molecule has 0 aliphatic carbocycles. The summed E-state index contributed by atoms with van der Waals surface area (Å²) in [7, 11) is 0. The van der Waals surface area contributed by atoms with Crippen LogP contribution >= 0.6 is 15.9 Å². The minimum atomic E-state index is -0.366. The quantitative estimate of drug-likeness (QED) is 0.686. The van der Waals surface area contributed by atoms with Crippen LogP contribution in [0.25, 0.3) is 11.0 Å². The fraction of sp³-hybridized carbons (Fsp3) is 0.0667. The third kappa shape index (κ3) is 2.49. The van der Waals surface area contributed by atoms with Crippen molar-refractivity contribution in [1.29, 1.82) is 0 Å². The van der Waals surface area contributed by atoms with Crippen molar-refractivity contribution in [2.45, 2.75) is 6.92 Å². The van der Waals surface area contributed by atoms with E-state index in [1.165, 1.54) is 12.1 Å². The van der Waals surface area contributed by atoms with Crippen LogP contribution in [0.5, 0.6) is 11.6 Å². The topological polar surface area (TPSA) is 35.0 Å². The Morgan fingerprint density at radius 3 is 2.50 bits per heavy atom. The van der Waals surface area contributed by atoms with Crippen molar-refractivity contribution in [1.82, 2.24) is 9.97 Å². The van der Waals surface area contributed by atoms with E-state index in [4.69, 9.17) is 4.74 Å². The number of aromatic nitrogens is 2. The molecule has 100 valence electrons. The Balaban J connectivity index is 2.06. The molecule has 2 aromatic carbocycles. The molecule has 0 N–H and O–H groups in total. The smallest absolute Gasteiger partial charge is 0.241 e. The largest absolute Gasteiger partial charge is 0.436 e. The molecule has 0 aliphatic heterocycles. The molecule has 0 bridgehead atoms. The highest BCUT2D eigenvalue weighted by Crippen LogP contribution is 2.31. The van der Waals surface area contributed by atoms with Gasteiger partial charge in [0.05, 0.1) is 15.5 Å². The molecule has 0 saturated carbocycles. The predicted molar refractivity (Wildman–Crippen MR) is 78.4 cm³/mol. The van der Waals surface area contributed by atoms with Crippen molar-refractivity contribution >= 4 is 27.0 Å². The first-order chi connectivity index (χ1) is 9.63. The van der Waals surface area contributed by atoms with Crippen LogP contribution in [0.1, 0.15) is 5.69 Å². The third-order valence-electron chi connectivity index (χ3n) is 2.80. The van der Waals surface area contributed by atoms with Gasteiger partial charge in [-0.15, -0.1) is 0 Å². The van der Waals surface area contributed by atoms with Gasteiger partial charge < -0.3 is 4.74 Å². The maximum absolute atomic E-state index is 13.3. The number of benzene rings is 2. The van der Waals surface area contributed by atoms with Crippen molar-refractivity contribution in [3.63, 3.8) is 0 Å². The number of para-hydroxylation sites is 2. The highest BCUT2D eigenvalue weighted by Gasteiger charge is 2.10. The summed E-state index contributed by atoms with van der Waals surface area (Å²) in [5.41, 5.74) is 2.19. The Bertz CT molecular complexity index is 792. The maximum Gasteiger partial charge on any atom is 0.241 e. The van der Waals surface area contributed by atoms with Crippen molar-refractivity contribution in [2.75, 3.05) is 0 Å². The van der Waals surface area contributed by atoms with Crippen LogP contribution in [0.15, 0.2) is 46.9 Å². The lowest BCUT2D eigenvalue weighted by molar-refractivity contribution is 0.450. The number of fused-ring (bicyclic) bond motifs is 1. The first-order valence-corrected chi connectivity index (χ1v) is 6.79. The van der Waals surface area contributed by atoms with Gasteiger partial charge >= 0.3 is 0 Å². The van der Waals surface area contributed by atoms with Crippen molar-refractivity contribution < 1.29 is 9.13 Å². The molecule has 3 rings (SSSR count). The zero-order valence-corrected chi connectivity index (χ0v) is 12.2. The average Bonchev–Trinajstić information content (AvgIpc) is 2.43. The normalized spacial score (nSPS) is 10.8. The number of aryl methyl sites for hydroxylation is 1. The summed E-state index contributed by atoms with van der Waals surface area (Å²) in [6.45, 7) is 1.81. The number of halogens is 2. The summed E-state index contributed by atoms with van der Waals surface area (Å²) in [6, 6.07) is 11.8. The van der Waals surface area contributed by atoms with Gasteiger partial charge in [-0.25, -0.2) is 14.4 Å². The summed E-state index contributed by atoms with van der Waals surface area (Å²) in [5.74, 6) is 0.377. The van der Waals surface area contributed by atoms with E-state index in [-0.39, 0.29) is 5.82 Å². The Labute approximate surface area is 123 Å². The van der Waals surface area contributed by atoms with Gasteiger partial charge in [0.2, 0.25) is 5.88 Å². The zero-order valence-electron chi connectivity index (χ0n) is 10.6. The van der Waals surface area contributed by atoms with Gasteiger partial charge in [-0.1, -0.05) is 12.1 Å². The lowest BCUT2D eigenvalue weighted by Crippen LogP contribution is -1.96. The second-order valence-corrected chi connectivity index (χ2v) is 5.13. The van der Waals surface area contributed by atoms with Gasteiger partial charge in [0.1, 0.15) is 17.3 Å². The summed E-state index contributed by atoms with van der Waals surface area (Å²) < 4.78 is 19.6. The monoisotopic (exact) mass is 332 g/mol. The van der Waals surface area contributed by atoms with Gasteiger partial charge in [-0.05, 0) is 47.1 Å². The first kappa shape index (κ1) is 13.0. The standard InChI is InChI=1S/C15H10BrFN2O/c1-9-15(19-13-5-3-2-4-12(13)18-9)20-14-8-10(17)6-7-11(14)16/h2-8H,1H3.